The molecular formula is C18H15ClN2O3. The van der Waals surface area contributed by atoms with Crippen molar-refractivity contribution in [3.05, 3.63) is 75.8 Å². The molecule has 1 heterocycles. The second-order valence-corrected chi connectivity index (χ2v) is 5.76. The van der Waals surface area contributed by atoms with Crippen molar-refractivity contribution in [1.82, 2.24) is 9.55 Å². The third-order valence-corrected chi connectivity index (χ3v) is 4.03. The van der Waals surface area contributed by atoms with Gasteiger partial charge in [-0.3, -0.25) is 14.2 Å². The van der Waals surface area contributed by atoms with Gasteiger partial charge >= 0.3 is 5.97 Å². The highest BCUT2D eigenvalue weighted by molar-refractivity contribution is 6.31. The normalized spacial score (nSPS) is 12.1. The van der Waals surface area contributed by atoms with Gasteiger partial charge in [0.2, 0.25) is 0 Å². The van der Waals surface area contributed by atoms with Crippen LogP contribution in [0.25, 0.3) is 10.9 Å². The van der Waals surface area contributed by atoms with Crippen molar-refractivity contribution in [2.45, 2.75) is 19.6 Å². The molecule has 0 aliphatic heterocycles. The Labute approximate surface area is 143 Å². The third kappa shape index (κ3) is 3.31. The molecule has 6 heteroatoms. The maximum atomic E-state index is 12.4. The molecule has 1 unspecified atom stereocenters. The Morgan fingerprint density at radius 3 is 2.71 bits per heavy atom. The Kier molecular flexibility index (Phi) is 4.62. The van der Waals surface area contributed by atoms with Gasteiger partial charge in [0.25, 0.3) is 5.56 Å². The van der Waals surface area contributed by atoms with Crippen LogP contribution in [-0.4, -0.2) is 15.5 Å². The van der Waals surface area contributed by atoms with E-state index in [1.165, 1.54) is 10.9 Å². The van der Waals surface area contributed by atoms with Crippen molar-refractivity contribution >= 4 is 28.5 Å². The first-order valence-electron chi connectivity index (χ1n) is 7.44. The summed E-state index contributed by atoms with van der Waals surface area (Å²) in [6, 6.07) is 14.1. The average molecular weight is 343 g/mol. The van der Waals surface area contributed by atoms with Gasteiger partial charge in [0, 0.05) is 10.6 Å². The molecule has 0 aliphatic rings. The van der Waals surface area contributed by atoms with Crippen LogP contribution in [0, 0.1) is 0 Å². The molecule has 2 aromatic carbocycles. The Hall–Kier alpha value is -2.66. The zero-order chi connectivity index (χ0) is 17.1. The van der Waals surface area contributed by atoms with E-state index in [-0.39, 0.29) is 12.1 Å². The molecule has 1 atom stereocenters. The van der Waals surface area contributed by atoms with E-state index in [4.69, 9.17) is 16.3 Å². The van der Waals surface area contributed by atoms with Gasteiger partial charge in [-0.1, -0.05) is 41.9 Å². The largest absolute Gasteiger partial charge is 0.456 e. The van der Waals surface area contributed by atoms with Crippen molar-refractivity contribution < 1.29 is 9.53 Å². The highest BCUT2D eigenvalue weighted by Gasteiger charge is 2.15. The number of ether oxygens (including phenoxy) is 1. The lowest BCUT2D eigenvalue weighted by atomic mass is 10.1. The van der Waals surface area contributed by atoms with Crippen LogP contribution in [0.3, 0.4) is 0 Å². The fourth-order valence-corrected chi connectivity index (χ4v) is 2.75. The summed E-state index contributed by atoms with van der Waals surface area (Å²) in [4.78, 5) is 28.7. The molecule has 0 fully saturated rings. The van der Waals surface area contributed by atoms with Crippen molar-refractivity contribution in [2.24, 2.45) is 0 Å². The van der Waals surface area contributed by atoms with Crippen LogP contribution >= 0.6 is 11.6 Å². The van der Waals surface area contributed by atoms with Gasteiger partial charge in [-0.05, 0) is 25.1 Å². The zero-order valence-corrected chi connectivity index (χ0v) is 13.7. The van der Waals surface area contributed by atoms with Crippen LogP contribution in [0.1, 0.15) is 18.6 Å². The minimum Gasteiger partial charge on any atom is -0.456 e. The lowest BCUT2D eigenvalue weighted by molar-refractivity contribution is -0.149. The summed E-state index contributed by atoms with van der Waals surface area (Å²) in [5, 5.41) is 0.995. The molecule has 0 N–H and O–H groups in total. The summed E-state index contributed by atoms with van der Waals surface area (Å²) in [7, 11) is 0. The number of esters is 1. The van der Waals surface area contributed by atoms with E-state index in [1.807, 2.05) is 6.07 Å². The molecule has 0 bridgehead atoms. The minimum absolute atomic E-state index is 0.203. The van der Waals surface area contributed by atoms with Crippen LogP contribution in [0.15, 0.2) is 59.7 Å². The number of rotatable bonds is 4. The van der Waals surface area contributed by atoms with Crippen molar-refractivity contribution in [3.63, 3.8) is 0 Å². The lowest BCUT2D eigenvalue weighted by Crippen LogP contribution is -2.26. The van der Waals surface area contributed by atoms with Crippen LogP contribution in [0.2, 0.25) is 5.02 Å². The van der Waals surface area contributed by atoms with Gasteiger partial charge < -0.3 is 4.74 Å². The van der Waals surface area contributed by atoms with Gasteiger partial charge in [0.15, 0.2) is 0 Å². The van der Waals surface area contributed by atoms with Crippen LogP contribution in [0.4, 0.5) is 0 Å². The maximum absolute atomic E-state index is 12.4. The molecule has 122 valence electrons. The minimum atomic E-state index is -0.526. The predicted molar refractivity (Wildman–Crippen MR) is 92.0 cm³/mol. The number of para-hydroxylation sites is 1. The van der Waals surface area contributed by atoms with Gasteiger partial charge in [0.1, 0.15) is 12.6 Å². The lowest BCUT2D eigenvalue weighted by Gasteiger charge is -2.15. The standard InChI is InChI=1S/C18H15ClN2O3/c1-12(13-6-2-4-8-15(13)19)24-17(22)10-21-11-20-16-9-5-3-7-14(16)18(21)23/h2-9,11-12H,10H2,1H3. The number of hydrogen-bond acceptors (Lipinski definition) is 4. The van der Waals surface area contributed by atoms with E-state index in [9.17, 15) is 9.59 Å². The summed E-state index contributed by atoms with van der Waals surface area (Å²) in [6.07, 6.45) is 0.849. The van der Waals surface area contributed by atoms with Crippen LogP contribution in [-0.2, 0) is 16.1 Å². The number of nitrogens with zero attached hydrogens (tertiary/aromatic N) is 2. The Morgan fingerprint density at radius 2 is 1.92 bits per heavy atom. The third-order valence-electron chi connectivity index (χ3n) is 3.68. The molecular weight excluding hydrogens is 328 g/mol. The Balaban J connectivity index is 1.77. The first-order valence-corrected chi connectivity index (χ1v) is 7.82. The SMILES string of the molecule is CC(OC(=O)Cn1cnc2ccccc2c1=O)c1ccccc1Cl. The highest BCUT2D eigenvalue weighted by atomic mass is 35.5. The predicted octanol–water partition coefficient (Wildman–Crippen LogP) is 3.35. The van der Waals surface area contributed by atoms with Gasteiger partial charge in [-0.25, -0.2) is 4.98 Å². The van der Waals surface area contributed by atoms with Crippen molar-refractivity contribution in [1.29, 1.82) is 0 Å². The molecule has 0 radical (unpaired) electrons. The van der Waals surface area contributed by atoms with Crippen LogP contribution < -0.4 is 5.56 Å². The number of benzene rings is 2. The molecule has 0 saturated carbocycles. The Morgan fingerprint density at radius 1 is 1.21 bits per heavy atom. The topological polar surface area (TPSA) is 61.2 Å². The number of carbonyl (C=O) groups is 1. The van der Waals surface area contributed by atoms with E-state index in [0.717, 1.165) is 5.56 Å². The quantitative estimate of drug-likeness (QED) is 0.682. The van der Waals surface area contributed by atoms with E-state index in [0.29, 0.717) is 15.9 Å². The number of halogens is 1. The molecule has 0 spiro atoms. The first kappa shape index (κ1) is 16.2. The second kappa shape index (κ2) is 6.84. The van der Waals surface area contributed by atoms with E-state index < -0.39 is 12.1 Å². The van der Waals surface area contributed by atoms with Crippen molar-refractivity contribution in [2.75, 3.05) is 0 Å². The zero-order valence-electron chi connectivity index (χ0n) is 13.0. The van der Waals surface area contributed by atoms with Gasteiger partial charge in [0.05, 0.1) is 17.2 Å². The van der Waals surface area contributed by atoms with Crippen molar-refractivity contribution in [3.8, 4) is 0 Å². The molecule has 5 nitrogen and oxygen atoms in total. The molecule has 0 amide bonds. The fraction of sp³-hybridized carbons (Fsp3) is 0.167. The summed E-state index contributed by atoms with van der Waals surface area (Å²) >= 11 is 6.10. The van der Waals surface area contributed by atoms with Gasteiger partial charge in [-0.2, -0.15) is 0 Å². The number of aromatic nitrogens is 2. The number of hydrogen-bond donors (Lipinski definition) is 0. The van der Waals surface area contributed by atoms with Gasteiger partial charge in [-0.15, -0.1) is 0 Å². The summed E-state index contributed by atoms with van der Waals surface area (Å²) in [5.41, 5.74) is 1.04. The summed E-state index contributed by atoms with van der Waals surface area (Å²) in [5.74, 6) is -0.526. The fourth-order valence-electron chi connectivity index (χ4n) is 2.46. The van der Waals surface area contributed by atoms with E-state index in [1.54, 1.807) is 49.4 Å². The molecule has 0 aliphatic carbocycles. The highest BCUT2D eigenvalue weighted by Crippen LogP contribution is 2.25. The molecule has 0 saturated heterocycles. The molecule has 3 rings (SSSR count). The maximum Gasteiger partial charge on any atom is 0.326 e. The van der Waals surface area contributed by atoms with E-state index >= 15 is 0 Å². The smallest absolute Gasteiger partial charge is 0.326 e. The number of fused-ring (bicyclic) bond motifs is 1. The first-order chi connectivity index (χ1) is 11.6. The van der Waals surface area contributed by atoms with Crippen LogP contribution in [0.5, 0.6) is 0 Å². The number of carbonyl (C=O) groups excluding carboxylic acids is 1. The Bertz CT molecular complexity index is 952. The molecule has 3 aromatic rings. The molecule has 24 heavy (non-hydrogen) atoms. The summed E-state index contributed by atoms with van der Waals surface area (Å²) < 4.78 is 6.62. The monoisotopic (exact) mass is 342 g/mol. The summed E-state index contributed by atoms with van der Waals surface area (Å²) in [6.45, 7) is 1.53. The average Bonchev–Trinajstić information content (AvgIpc) is 2.58. The molecule has 1 aromatic heterocycles. The second-order valence-electron chi connectivity index (χ2n) is 5.35. The van der Waals surface area contributed by atoms with E-state index in [2.05, 4.69) is 4.98 Å².